The Balaban J connectivity index is 1.64. The van der Waals surface area contributed by atoms with E-state index in [4.69, 9.17) is 14.2 Å². The van der Waals surface area contributed by atoms with Crippen LogP contribution in [0.1, 0.15) is 80.6 Å². The van der Waals surface area contributed by atoms with Gasteiger partial charge in [0.2, 0.25) is 5.91 Å². The monoisotopic (exact) mass is 611 g/mol. The molecule has 2 aromatic rings. The number of likely N-dealkylation sites (tertiary alicyclic amines) is 1. The standard InChI is InChI=1S/C33H45N3O8/c1-9-19-15-33(19,30(40)41)16-26(37)25-13-21(43-27-17-34-35-24-12-20(42-8)10-11-22(24)27)18-36(25)29(39)23(31(2,3)4)14-28(38)44-32(5,6)7/h10-12,17,19,21,23,25H,9,13-16,18H2,1-8H3,(H,40,41)/t19-,21-,23-,25+,33-/m1/s1. The molecule has 0 radical (unpaired) electrons. The maximum absolute atomic E-state index is 14.3. The fraction of sp³-hybridized carbons (Fsp3) is 0.636. The number of ether oxygens (including phenoxy) is 3. The number of hydrogen-bond donors (Lipinski definition) is 1. The van der Waals surface area contributed by atoms with E-state index in [2.05, 4.69) is 10.2 Å². The molecule has 1 aliphatic carbocycles. The number of carbonyl (C=O) groups is 4. The van der Waals surface area contributed by atoms with Crippen molar-refractivity contribution in [3.63, 3.8) is 0 Å². The molecule has 2 heterocycles. The van der Waals surface area contributed by atoms with E-state index in [0.717, 1.165) is 0 Å². The number of carboxylic acid groups (broad SMARTS) is 1. The van der Waals surface area contributed by atoms with Crippen molar-refractivity contribution in [2.45, 2.75) is 98.3 Å². The molecular weight excluding hydrogens is 566 g/mol. The van der Waals surface area contributed by atoms with Crippen LogP contribution in [0.4, 0.5) is 0 Å². The highest BCUT2D eigenvalue weighted by Gasteiger charge is 2.61. The van der Waals surface area contributed by atoms with Crippen molar-refractivity contribution >= 4 is 34.5 Å². The predicted octanol–water partition coefficient (Wildman–Crippen LogP) is 4.84. The lowest BCUT2D eigenvalue weighted by Crippen LogP contribution is -2.48. The number of carbonyl (C=O) groups excluding carboxylic acids is 3. The first-order chi connectivity index (χ1) is 20.5. The number of benzene rings is 1. The molecule has 1 amide bonds. The number of hydrogen-bond acceptors (Lipinski definition) is 9. The van der Waals surface area contributed by atoms with Gasteiger partial charge in [-0.15, -0.1) is 0 Å². The first-order valence-electron chi connectivity index (χ1n) is 15.2. The van der Waals surface area contributed by atoms with Crippen LogP contribution in [-0.4, -0.2) is 75.2 Å². The first-order valence-corrected chi connectivity index (χ1v) is 15.2. The molecule has 11 nitrogen and oxygen atoms in total. The second-order valence-electron chi connectivity index (χ2n) is 14.2. The Labute approximate surface area is 258 Å². The molecule has 1 saturated carbocycles. The van der Waals surface area contributed by atoms with Crippen LogP contribution in [-0.2, 0) is 23.9 Å². The number of aromatic nitrogens is 2. The summed E-state index contributed by atoms with van der Waals surface area (Å²) in [7, 11) is 1.56. The highest BCUT2D eigenvalue weighted by atomic mass is 16.6. The molecule has 5 atom stereocenters. The average Bonchev–Trinajstić information content (AvgIpc) is 3.49. The SMILES string of the molecule is CC[C@@H]1C[C@]1(CC(=O)[C@@H]1C[C@@H](Oc2cnnc3cc(OC)ccc23)CN1C(=O)[C@@H](CC(=O)OC(C)(C)C)C(C)(C)C)C(=O)O. The average molecular weight is 612 g/mol. The van der Waals surface area contributed by atoms with Crippen LogP contribution in [0.25, 0.3) is 10.9 Å². The first kappa shape index (κ1) is 33.1. The topological polar surface area (TPSA) is 145 Å². The molecule has 2 aliphatic rings. The summed E-state index contributed by atoms with van der Waals surface area (Å²) < 4.78 is 17.2. The number of aliphatic carboxylic acids is 1. The highest BCUT2D eigenvalue weighted by molar-refractivity contribution is 5.95. The highest BCUT2D eigenvalue weighted by Crippen LogP contribution is 2.57. The fourth-order valence-electron chi connectivity index (χ4n) is 6.26. The second kappa shape index (κ2) is 12.3. The van der Waals surface area contributed by atoms with Gasteiger partial charge in [-0.3, -0.25) is 19.2 Å². The van der Waals surface area contributed by atoms with Crippen LogP contribution in [0, 0.1) is 22.7 Å². The van der Waals surface area contributed by atoms with Crippen LogP contribution >= 0.6 is 0 Å². The van der Waals surface area contributed by atoms with Gasteiger partial charge in [-0.2, -0.15) is 10.2 Å². The van der Waals surface area contributed by atoms with Crippen molar-refractivity contribution in [2.24, 2.45) is 22.7 Å². The maximum Gasteiger partial charge on any atom is 0.310 e. The van der Waals surface area contributed by atoms with Crippen LogP contribution in [0.3, 0.4) is 0 Å². The number of nitrogens with zero attached hydrogens (tertiary/aromatic N) is 3. The van der Waals surface area contributed by atoms with E-state index >= 15 is 0 Å². The number of methoxy groups -OCH3 is 1. The molecule has 0 spiro atoms. The molecule has 1 saturated heterocycles. The summed E-state index contributed by atoms with van der Waals surface area (Å²) in [5.41, 5.74) is -1.89. The van der Waals surface area contributed by atoms with Gasteiger partial charge < -0.3 is 24.2 Å². The van der Waals surface area contributed by atoms with Crippen molar-refractivity contribution in [2.75, 3.05) is 13.7 Å². The van der Waals surface area contributed by atoms with Gasteiger partial charge in [0.05, 0.1) is 43.6 Å². The number of fused-ring (bicyclic) bond motifs is 1. The lowest BCUT2D eigenvalue weighted by molar-refractivity contribution is -0.161. The quantitative estimate of drug-likeness (QED) is 0.350. The van der Waals surface area contributed by atoms with Crippen molar-refractivity contribution in [1.82, 2.24) is 15.1 Å². The Morgan fingerprint density at radius 1 is 1.14 bits per heavy atom. The van der Waals surface area contributed by atoms with Gasteiger partial charge in [0.1, 0.15) is 28.7 Å². The van der Waals surface area contributed by atoms with Crippen LogP contribution in [0.15, 0.2) is 24.4 Å². The van der Waals surface area contributed by atoms with E-state index in [9.17, 15) is 24.3 Å². The number of esters is 1. The zero-order valence-electron chi connectivity index (χ0n) is 27.0. The largest absolute Gasteiger partial charge is 0.497 e. The summed E-state index contributed by atoms with van der Waals surface area (Å²) in [5.74, 6) is -1.95. The van der Waals surface area contributed by atoms with Gasteiger partial charge in [0, 0.05) is 24.3 Å². The molecule has 44 heavy (non-hydrogen) atoms. The van der Waals surface area contributed by atoms with E-state index in [0.29, 0.717) is 35.2 Å². The molecule has 0 bridgehead atoms. The van der Waals surface area contributed by atoms with Crippen LogP contribution < -0.4 is 9.47 Å². The minimum atomic E-state index is -1.11. The van der Waals surface area contributed by atoms with Crippen molar-refractivity contribution < 1.29 is 38.5 Å². The predicted molar refractivity (Wildman–Crippen MR) is 162 cm³/mol. The molecule has 1 N–H and O–H groups in total. The smallest absolute Gasteiger partial charge is 0.310 e. The van der Waals surface area contributed by atoms with E-state index in [-0.39, 0.29) is 43.4 Å². The Kier molecular flexibility index (Phi) is 9.28. The molecular formula is C33H45N3O8. The van der Waals surface area contributed by atoms with E-state index < -0.39 is 46.4 Å². The van der Waals surface area contributed by atoms with Gasteiger partial charge in [-0.1, -0.05) is 34.1 Å². The molecule has 1 aliphatic heterocycles. The maximum atomic E-state index is 14.3. The molecule has 2 fully saturated rings. The van der Waals surface area contributed by atoms with Gasteiger partial charge >= 0.3 is 11.9 Å². The minimum absolute atomic E-state index is 0.0812. The Morgan fingerprint density at radius 2 is 1.84 bits per heavy atom. The van der Waals surface area contributed by atoms with Crippen molar-refractivity contribution in [1.29, 1.82) is 0 Å². The van der Waals surface area contributed by atoms with Crippen LogP contribution in [0.5, 0.6) is 11.5 Å². The Morgan fingerprint density at radius 3 is 2.41 bits per heavy atom. The molecule has 240 valence electrons. The summed E-state index contributed by atoms with van der Waals surface area (Å²) in [4.78, 5) is 54.8. The summed E-state index contributed by atoms with van der Waals surface area (Å²) >= 11 is 0. The zero-order chi connectivity index (χ0) is 32.6. The lowest BCUT2D eigenvalue weighted by atomic mass is 9.77. The van der Waals surface area contributed by atoms with E-state index in [1.54, 1.807) is 40.0 Å². The summed E-state index contributed by atoms with van der Waals surface area (Å²) in [6.45, 7) is 12.9. The minimum Gasteiger partial charge on any atom is -0.497 e. The third-order valence-electron chi connectivity index (χ3n) is 8.80. The van der Waals surface area contributed by atoms with Crippen molar-refractivity contribution in [3.8, 4) is 11.5 Å². The third kappa shape index (κ3) is 7.13. The number of rotatable bonds is 11. The Hall–Kier alpha value is -3.76. The Bertz CT molecular complexity index is 1430. The molecule has 0 unspecified atom stereocenters. The van der Waals surface area contributed by atoms with E-state index in [1.165, 1.54) is 11.1 Å². The number of carboxylic acids is 1. The van der Waals surface area contributed by atoms with E-state index in [1.807, 2.05) is 33.8 Å². The van der Waals surface area contributed by atoms with Gasteiger partial charge in [0.15, 0.2) is 5.78 Å². The second-order valence-corrected chi connectivity index (χ2v) is 14.2. The van der Waals surface area contributed by atoms with Gasteiger partial charge in [0.25, 0.3) is 0 Å². The summed E-state index contributed by atoms with van der Waals surface area (Å²) in [6, 6.07) is 4.43. The molecule has 4 rings (SSSR count). The van der Waals surface area contributed by atoms with Gasteiger partial charge in [-0.05, 0) is 50.7 Å². The zero-order valence-corrected chi connectivity index (χ0v) is 27.0. The number of amides is 1. The molecule has 1 aromatic heterocycles. The lowest BCUT2D eigenvalue weighted by Gasteiger charge is -2.35. The number of ketones is 1. The summed E-state index contributed by atoms with van der Waals surface area (Å²) in [6.07, 6.45) is 1.88. The van der Waals surface area contributed by atoms with Gasteiger partial charge in [-0.25, -0.2) is 0 Å². The van der Waals surface area contributed by atoms with Crippen molar-refractivity contribution in [3.05, 3.63) is 24.4 Å². The third-order valence-corrected chi connectivity index (χ3v) is 8.80. The number of Topliss-reactive ketones (excluding diaryl/α,β-unsaturated/α-hetero) is 1. The normalized spacial score (nSPS) is 24.1. The van der Waals surface area contributed by atoms with Crippen LogP contribution in [0.2, 0.25) is 0 Å². The fourth-order valence-corrected chi connectivity index (χ4v) is 6.26. The molecule has 1 aromatic carbocycles. The molecule has 11 heteroatoms. The summed E-state index contributed by atoms with van der Waals surface area (Å²) in [5, 5.41) is 18.9.